The zero-order valence-corrected chi connectivity index (χ0v) is 15.4. The first kappa shape index (κ1) is 15.6. The summed E-state index contributed by atoms with van der Waals surface area (Å²) in [7, 11) is -3.67. The molecule has 0 spiro atoms. The molecule has 9 heteroatoms. The molecule has 0 saturated heterocycles. The number of thiophene rings is 1. The van der Waals surface area contributed by atoms with Crippen molar-refractivity contribution in [3.63, 3.8) is 0 Å². The van der Waals surface area contributed by atoms with Crippen LogP contribution in [0.5, 0.6) is 0 Å². The second-order valence-corrected chi connectivity index (χ2v) is 9.25. The third kappa shape index (κ3) is 2.20. The smallest absolute Gasteiger partial charge is 0.276 e. The largest absolute Gasteiger partial charge is 0.355 e. The summed E-state index contributed by atoms with van der Waals surface area (Å²) in [4.78, 5) is 5.25. The zero-order chi connectivity index (χ0) is 17.9. The highest BCUT2D eigenvalue weighted by Crippen LogP contribution is 2.36. The maximum atomic E-state index is 13.2. The number of anilines is 1. The van der Waals surface area contributed by atoms with Crippen LogP contribution in [0.2, 0.25) is 0 Å². The molecule has 1 aliphatic rings. The number of fused-ring (bicyclic) bond motifs is 3. The number of rotatable bonds is 3. The monoisotopic (exact) mass is 386 g/mol. The molecule has 0 radical (unpaired) electrons. The minimum Gasteiger partial charge on any atom is -0.355 e. The van der Waals surface area contributed by atoms with Crippen LogP contribution in [0.15, 0.2) is 51.2 Å². The van der Waals surface area contributed by atoms with Crippen molar-refractivity contribution in [2.45, 2.75) is 17.7 Å². The minimum atomic E-state index is -3.67. The van der Waals surface area contributed by atoms with Gasteiger partial charge in [0, 0.05) is 12.6 Å². The molecule has 0 amide bonds. The third-order valence-corrected chi connectivity index (χ3v) is 7.73. The van der Waals surface area contributed by atoms with Crippen molar-refractivity contribution in [3.05, 3.63) is 48.2 Å². The van der Waals surface area contributed by atoms with Crippen molar-refractivity contribution in [2.75, 3.05) is 10.8 Å². The lowest BCUT2D eigenvalue weighted by molar-refractivity contribution is 0.428. The molecule has 0 saturated carbocycles. The highest BCUT2D eigenvalue weighted by molar-refractivity contribution is 7.94. The molecular weight excluding hydrogens is 372 g/mol. The van der Waals surface area contributed by atoms with Gasteiger partial charge in [0.05, 0.1) is 28.1 Å². The molecule has 132 valence electrons. The second-order valence-electron chi connectivity index (χ2n) is 6.08. The van der Waals surface area contributed by atoms with Crippen LogP contribution in [-0.4, -0.2) is 29.7 Å². The van der Waals surface area contributed by atoms with Crippen molar-refractivity contribution in [1.82, 2.24) is 14.7 Å². The summed E-state index contributed by atoms with van der Waals surface area (Å²) in [5.74, 6) is 1.04. The number of hydrogen-bond acceptors (Lipinski definition) is 6. The molecule has 0 atom stereocenters. The first-order valence-electron chi connectivity index (χ1n) is 8.05. The van der Waals surface area contributed by atoms with Gasteiger partial charge in [-0.15, -0.1) is 11.3 Å². The lowest BCUT2D eigenvalue weighted by Crippen LogP contribution is -2.28. The van der Waals surface area contributed by atoms with Crippen LogP contribution >= 0.6 is 11.3 Å². The van der Waals surface area contributed by atoms with Crippen LogP contribution in [0.4, 0.5) is 5.95 Å². The number of benzene rings is 1. The summed E-state index contributed by atoms with van der Waals surface area (Å²) in [6.45, 7) is 2.80. The number of nitrogens with zero attached hydrogens (tertiary/aromatic N) is 4. The predicted molar refractivity (Wildman–Crippen MR) is 98.8 cm³/mol. The van der Waals surface area contributed by atoms with Crippen LogP contribution in [0.25, 0.3) is 21.7 Å². The molecule has 3 aromatic heterocycles. The average molecular weight is 386 g/mol. The Morgan fingerprint density at radius 2 is 2.00 bits per heavy atom. The van der Waals surface area contributed by atoms with Crippen molar-refractivity contribution < 1.29 is 12.9 Å². The molecular formula is C17H14N4O3S2. The fourth-order valence-corrected chi connectivity index (χ4v) is 5.95. The molecule has 0 N–H and O–H groups in total. The maximum Gasteiger partial charge on any atom is 0.276 e. The van der Waals surface area contributed by atoms with E-state index < -0.39 is 10.0 Å². The van der Waals surface area contributed by atoms with E-state index in [9.17, 15) is 8.42 Å². The number of para-hydroxylation sites is 2. The van der Waals surface area contributed by atoms with Crippen LogP contribution in [0.3, 0.4) is 0 Å². The van der Waals surface area contributed by atoms with E-state index in [1.165, 1.54) is 15.6 Å². The fourth-order valence-electron chi connectivity index (χ4n) is 3.17. The van der Waals surface area contributed by atoms with E-state index >= 15 is 0 Å². The van der Waals surface area contributed by atoms with E-state index in [1.54, 1.807) is 18.2 Å². The molecule has 0 bridgehead atoms. The van der Waals surface area contributed by atoms with E-state index in [-0.39, 0.29) is 4.21 Å². The molecule has 0 aliphatic carbocycles. The van der Waals surface area contributed by atoms with Gasteiger partial charge in [0.25, 0.3) is 10.0 Å². The lowest BCUT2D eigenvalue weighted by Gasteiger charge is -2.14. The standard InChI is InChI=1S/C17H14N4O3S2/c1-11-10-14(24-19-11)15-6-7-16(25-15)26(22,23)21-9-8-20-13-5-3-2-4-12(13)18-17(20)21/h2-7,10H,8-9H2,1H3. The normalized spacial score (nSPS) is 14.3. The zero-order valence-electron chi connectivity index (χ0n) is 13.8. The molecule has 26 heavy (non-hydrogen) atoms. The molecule has 4 heterocycles. The van der Waals surface area contributed by atoms with Gasteiger partial charge in [-0.2, -0.15) is 0 Å². The molecule has 0 fully saturated rings. The highest BCUT2D eigenvalue weighted by atomic mass is 32.2. The SMILES string of the molecule is Cc1cc(-c2ccc(S(=O)(=O)N3CCn4c3nc3ccccc34)s2)on1. The molecule has 4 aromatic rings. The number of aromatic nitrogens is 3. The van der Waals surface area contributed by atoms with Crippen LogP contribution in [-0.2, 0) is 16.6 Å². The van der Waals surface area contributed by atoms with E-state index in [1.807, 2.05) is 35.8 Å². The highest BCUT2D eigenvalue weighted by Gasteiger charge is 2.34. The average Bonchev–Trinajstić information content (AvgIpc) is 3.37. The Kier molecular flexibility index (Phi) is 3.25. The van der Waals surface area contributed by atoms with Gasteiger partial charge in [-0.1, -0.05) is 17.3 Å². The van der Waals surface area contributed by atoms with Gasteiger partial charge < -0.3 is 9.09 Å². The van der Waals surface area contributed by atoms with Crippen molar-refractivity contribution in [1.29, 1.82) is 0 Å². The summed E-state index contributed by atoms with van der Waals surface area (Å²) >= 11 is 1.17. The Morgan fingerprint density at radius 1 is 1.15 bits per heavy atom. The Labute approximate surface area is 153 Å². The molecule has 1 aromatic carbocycles. The van der Waals surface area contributed by atoms with Crippen molar-refractivity contribution in [3.8, 4) is 10.6 Å². The minimum absolute atomic E-state index is 0.266. The Balaban J connectivity index is 1.56. The first-order valence-corrected chi connectivity index (χ1v) is 10.3. The topological polar surface area (TPSA) is 81.2 Å². The molecule has 1 aliphatic heterocycles. The Bertz CT molecular complexity index is 1240. The lowest BCUT2D eigenvalue weighted by atomic mass is 10.3. The Morgan fingerprint density at radius 3 is 2.81 bits per heavy atom. The van der Waals surface area contributed by atoms with E-state index in [0.717, 1.165) is 21.6 Å². The van der Waals surface area contributed by atoms with E-state index in [2.05, 4.69) is 10.1 Å². The second kappa shape index (κ2) is 5.42. The molecule has 7 nitrogen and oxygen atoms in total. The van der Waals surface area contributed by atoms with Gasteiger partial charge in [-0.3, -0.25) is 0 Å². The number of sulfonamides is 1. The summed E-state index contributed by atoms with van der Waals surface area (Å²) in [5.41, 5.74) is 2.50. The summed E-state index contributed by atoms with van der Waals surface area (Å²) in [5, 5.41) is 3.85. The third-order valence-electron chi connectivity index (χ3n) is 4.38. The first-order chi connectivity index (χ1) is 12.5. The van der Waals surface area contributed by atoms with Gasteiger partial charge in [0.15, 0.2) is 5.76 Å². The predicted octanol–water partition coefficient (Wildman–Crippen LogP) is 3.27. The van der Waals surface area contributed by atoms with Gasteiger partial charge in [-0.05, 0) is 31.2 Å². The molecule has 5 rings (SSSR count). The van der Waals surface area contributed by atoms with Gasteiger partial charge in [0.2, 0.25) is 5.95 Å². The fraction of sp³-hybridized carbons (Fsp3) is 0.176. The summed E-state index contributed by atoms with van der Waals surface area (Å²) < 4.78 is 35.1. The summed E-state index contributed by atoms with van der Waals surface area (Å²) in [6, 6.07) is 12.8. The van der Waals surface area contributed by atoms with Crippen molar-refractivity contribution >= 4 is 38.3 Å². The number of imidazole rings is 1. The van der Waals surface area contributed by atoms with Crippen LogP contribution in [0, 0.1) is 6.92 Å². The van der Waals surface area contributed by atoms with Gasteiger partial charge in [-0.25, -0.2) is 17.7 Å². The van der Waals surface area contributed by atoms with E-state index in [4.69, 9.17) is 4.52 Å². The number of hydrogen-bond donors (Lipinski definition) is 0. The summed E-state index contributed by atoms with van der Waals surface area (Å²) in [6.07, 6.45) is 0. The van der Waals surface area contributed by atoms with Gasteiger partial charge >= 0.3 is 0 Å². The van der Waals surface area contributed by atoms with Crippen LogP contribution < -0.4 is 4.31 Å². The van der Waals surface area contributed by atoms with Crippen molar-refractivity contribution in [2.24, 2.45) is 0 Å². The van der Waals surface area contributed by atoms with E-state index in [0.29, 0.717) is 24.8 Å². The maximum absolute atomic E-state index is 13.2. The van der Waals surface area contributed by atoms with Crippen LogP contribution in [0.1, 0.15) is 5.69 Å². The number of aryl methyl sites for hydroxylation is 1. The Hall–Kier alpha value is -2.65. The quantitative estimate of drug-likeness (QED) is 0.540. The molecule has 0 unspecified atom stereocenters. The van der Waals surface area contributed by atoms with Gasteiger partial charge in [0.1, 0.15) is 4.21 Å².